The molecule has 0 bridgehead atoms. The molecule has 1 atom stereocenters. The third-order valence-corrected chi connectivity index (χ3v) is 4.92. The lowest BCUT2D eigenvalue weighted by Gasteiger charge is -2.21. The first-order valence-corrected chi connectivity index (χ1v) is 8.60. The number of hydrogen-bond donors (Lipinski definition) is 1. The second-order valence-electron chi connectivity index (χ2n) is 4.72. The summed E-state index contributed by atoms with van der Waals surface area (Å²) in [5.41, 5.74) is 2.15. The first kappa shape index (κ1) is 16.9. The molecule has 0 fully saturated rings. The summed E-state index contributed by atoms with van der Waals surface area (Å²) in [5, 5.41) is 4.16. The molecule has 5 heteroatoms. The van der Waals surface area contributed by atoms with Crippen molar-refractivity contribution in [1.29, 1.82) is 0 Å². The fourth-order valence-corrected chi connectivity index (χ4v) is 3.44. The lowest BCUT2D eigenvalue weighted by molar-refractivity contribution is 0.546. The molecule has 0 heterocycles. The summed E-state index contributed by atoms with van der Waals surface area (Å²) >= 11 is 13.1. The zero-order valence-electron chi connectivity index (χ0n) is 11.5. The predicted molar refractivity (Wildman–Crippen MR) is 93.4 cm³/mol. The molecule has 0 radical (unpaired) electrons. The Balaban J connectivity index is 2.32. The fourth-order valence-electron chi connectivity index (χ4n) is 2.23. The molecule has 2 aromatic rings. The molecule has 1 nitrogen and oxygen atoms in total. The largest absolute Gasteiger partial charge is 0.310 e. The van der Waals surface area contributed by atoms with Gasteiger partial charge in [0, 0.05) is 20.0 Å². The number of rotatable bonds is 5. The highest BCUT2D eigenvalue weighted by Gasteiger charge is 2.16. The molecule has 0 spiro atoms. The maximum Gasteiger partial charge on any atom is 0.124 e. The molecule has 21 heavy (non-hydrogen) atoms. The molecule has 2 rings (SSSR count). The van der Waals surface area contributed by atoms with E-state index in [4.69, 9.17) is 11.6 Å². The molecular weight excluding hydrogens is 420 g/mol. The van der Waals surface area contributed by atoms with Gasteiger partial charge in [-0.3, -0.25) is 0 Å². The van der Waals surface area contributed by atoms with Crippen molar-refractivity contribution in [3.63, 3.8) is 0 Å². The zero-order valence-corrected chi connectivity index (χ0v) is 15.4. The molecule has 0 aliphatic carbocycles. The summed E-state index contributed by atoms with van der Waals surface area (Å²) in [6, 6.07) is 10.6. The van der Waals surface area contributed by atoms with Crippen LogP contribution in [0.3, 0.4) is 0 Å². The Morgan fingerprint density at radius 3 is 2.57 bits per heavy atom. The summed E-state index contributed by atoms with van der Waals surface area (Å²) in [6.45, 7) is 2.90. The van der Waals surface area contributed by atoms with Crippen molar-refractivity contribution in [3.8, 4) is 0 Å². The van der Waals surface area contributed by atoms with Crippen molar-refractivity contribution in [1.82, 2.24) is 5.32 Å². The van der Waals surface area contributed by atoms with E-state index in [-0.39, 0.29) is 11.9 Å². The van der Waals surface area contributed by atoms with Crippen molar-refractivity contribution < 1.29 is 4.39 Å². The van der Waals surface area contributed by atoms with Gasteiger partial charge in [-0.1, -0.05) is 56.5 Å². The molecule has 0 aliphatic heterocycles. The molecule has 1 N–H and O–H groups in total. The van der Waals surface area contributed by atoms with Gasteiger partial charge in [0.15, 0.2) is 0 Å². The third kappa shape index (κ3) is 4.52. The third-order valence-electron chi connectivity index (χ3n) is 3.22. The molecule has 0 aromatic heterocycles. The van der Waals surface area contributed by atoms with Crippen molar-refractivity contribution in [2.75, 3.05) is 6.54 Å². The Morgan fingerprint density at radius 2 is 1.90 bits per heavy atom. The highest BCUT2D eigenvalue weighted by molar-refractivity contribution is 9.10. The van der Waals surface area contributed by atoms with Crippen LogP contribution in [0.4, 0.5) is 4.39 Å². The maximum atomic E-state index is 13.2. The van der Waals surface area contributed by atoms with E-state index in [1.165, 1.54) is 12.1 Å². The second-order valence-corrected chi connectivity index (χ2v) is 6.86. The summed E-state index contributed by atoms with van der Waals surface area (Å²) < 4.78 is 15.0. The van der Waals surface area contributed by atoms with Crippen molar-refractivity contribution in [3.05, 3.63) is 67.3 Å². The van der Waals surface area contributed by atoms with Gasteiger partial charge in [-0.2, -0.15) is 0 Å². The van der Waals surface area contributed by atoms with Gasteiger partial charge in [-0.15, -0.1) is 0 Å². The Labute approximate surface area is 146 Å². The topological polar surface area (TPSA) is 12.0 Å². The first-order valence-electron chi connectivity index (χ1n) is 6.63. The fraction of sp³-hybridized carbons (Fsp3) is 0.250. The SMILES string of the molecule is CCNC(Cc1ccc(F)cc1Br)c1cc(Cl)ccc1Br. The molecule has 0 amide bonds. The second kappa shape index (κ2) is 7.73. The zero-order chi connectivity index (χ0) is 15.4. The van der Waals surface area contributed by atoms with Gasteiger partial charge >= 0.3 is 0 Å². The van der Waals surface area contributed by atoms with Crippen LogP contribution in [-0.2, 0) is 6.42 Å². The van der Waals surface area contributed by atoms with Crippen molar-refractivity contribution in [2.45, 2.75) is 19.4 Å². The Morgan fingerprint density at radius 1 is 1.14 bits per heavy atom. The first-order chi connectivity index (χ1) is 10.0. The van der Waals surface area contributed by atoms with Gasteiger partial charge in [0.2, 0.25) is 0 Å². The van der Waals surface area contributed by atoms with E-state index in [0.29, 0.717) is 5.02 Å². The standard InChI is InChI=1S/C16H15Br2ClFN/c1-2-21-16(13-8-11(19)4-6-14(13)17)7-10-3-5-12(20)9-15(10)18/h3-6,8-9,16,21H,2,7H2,1H3. The smallest absolute Gasteiger partial charge is 0.124 e. The summed E-state index contributed by atoms with van der Waals surface area (Å²) in [7, 11) is 0. The predicted octanol–water partition coefficient (Wildman–Crippen LogP) is 5.90. The van der Waals surface area contributed by atoms with Gasteiger partial charge in [0.05, 0.1) is 0 Å². The van der Waals surface area contributed by atoms with Crippen LogP contribution in [0.25, 0.3) is 0 Å². The number of halogens is 4. The van der Waals surface area contributed by atoms with E-state index in [0.717, 1.165) is 33.0 Å². The minimum absolute atomic E-state index is 0.102. The van der Waals surface area contributed by atoms with E-state index >= 15 is 0 Å². The van der Waals surface area contributed by atoms with Gasteiger partial charge in [0.1, 0.15) is 5.82 Å². The lowest BCUT2D eigenvalue weighted by atomic mass is 9.98. The Hall–Kier alpha value is -0.420. The van der Waals surface area contributed by atoms with Crippen molar-refractivity contribution in [2.24, 2.45) is 0 Å². The van der Waals surface area contributed by atoms with Crippen LogP contribution >= 0.6 is 43.5 Å². The molecule has 0 saturated heterocycles. The quantitative estimate of drug-likeness (QED) is 0.617. The number of hydrogen-bond acceptors (Lipinski definition) is 1. The lowest BCUT2D eigenvalue weighted by Crippen LogP contribution is -2.23. The minimum atomic E-state index is -0.241. The summed E-state index contributed by atoms with van der Waals surface area (Å²) in [6.07, 6.45) is 0.744. The van der Waals surface area contributed by atoms with Crippen LogP contribution in [0, 0.1) is 5.82 Å². The van der Waals surface area contributed by atoms with Crippen molar-refractivity contribution >= 4 is 43.5 Å². The van der Waals surface area contributed by atoms with E-state index in [2.05, 4.69) is 44.1 Å². The van der Waals surface area contributed by atoms with Gasteiger partial charge < -0.3 is 5.32 Å². The normalized spacial score (nSPS) is 12.4. The highest BCUT2D eigenvalue weighted by Crippen LogP contribution is 2.31. The minimum Gasteiger partial charge on any atom is -0.310 e. The van der Waals surface area contributed by atoms with Crippen LogP contribution in [0.15, 0.2) is 45.3 Å². The monoisotopic (exact) mass is 433 g/mol. The van der Waals surface area contributed by atoms with Crippen LogP contribution in [0.1, 0.15) is 24.1 Å². The molecule has 0 saturated carbocycles. The molecule has 112 valence electrons. The van der Waals surface area contributed by atoms with E-state index in [9.17, 15) is 4.39 Å². The van der Waals surface area contributed by atoms with Gasteiger partial charge in [-0.05, 0) is 54.4 Å². The number of benzene rings is 2. The van der Waals surface area contributed by atoms with Crippen LogP contribution in [0.5, 0.6) is 0 Å². The number of nitrogens with one attached hydrogen (secondary N) is 1. The Bertz CT molecular complexity index is 634. The molecule has 0 aliphatic rings. The van der Waals surface area contributed by atoms with Crippen LogP contribution < -0.4 is 5.32 Å². The van der Waals surface area contributed by atoms with E-state index in [1.54, 1.807) is 0 Å². The van der Waals surface area contributed by atoms with E-state index in [1.807, 2.05) is 24.3 Å². The molecule has 2 aromatic carbocycles. The maximum absolute atomic E-state index is 13.2. The van der Waals surface area contributed by atoms with Gasteiger partial charge in [-0.25, -0.2) is 4.39 Å². The average molecular weight is 436 g/mol. The van der Waals surface area contributed by atoms with Crippen LogP contribution in [-0.4, -0.2) is 6.54 Å². The summed E-state index contributed by atoms with van der Waals surface area (Å²) in [5.74, 6) is -0.241. The average Bonchev–Trinajstić information content (AvgIpc) is 2.44. The van der Waals surface area contributed by atoms with Gasteiger partial charge in [0.25, 0.3) is 0 Å². The highest BCUT2D eigenvalue weighted by atomic mass is 79.9. The number of likely N-dealkylation sites (N-methyl/N-ethyl adjacent to an activating group) is 1. The Kier molecular flexibility index (Phi) is 6.23. The molecule has 1 unspecified atom stereocenters. The molecular formula is C16H15Br2ClFN. The van der Waals surface area contributed by atoms with Crippen LogP contribution in [0.2, 0.25) is 5.02 Å². The summed E-state index contributed by atoms with van der Waals surface area (Å²) in [4.78, 5) is 0. The van der Waals surface area contributed by atoms with E-state index < -0.39 is 0 Å².